The molecule has 0 spiro atoms. The predicted molar refractivity (Wildman–Crippen MR) is 60.3 cm³/mol. The number of aromatic nitrogens is 2. The SMILES string of the molecule is CN(Cc1cnn(C)c1)C1CCC(N)C1. The summed E-state index contributed by atoms with van der Waals surface area (Å²) in [5, 5.41) is 4.18. The van der Waals surface area contributed by atoms with Crippen LogP contribution in [0.5, 0.6) is 0 Å². The Kier molecular flexibility index (Phi) is 3.07. The normalized spacial score (nSPS) is 26.4. The molecule has 0 aromatic carbocycles. The van der Waals surface area contributed by atoms with E-state index >= 15 is 0 Å². The van der Waals surface area contributed by atoms with Crippen molar-refractivity contribution in [2.24, 2.45) is 12.8 Å². The molecule has 1 aromatic rings. The van der Waals surface area contributed by atoms with Gasteiger partial charge in [-0.15, -0.1) is 0 Å². The molecule has 0 saturated heterocycles. The fourth-order valence-electron chi connectivity index (χ4n) is 2.36. The van der Waals surface area contributed by atoms with Gasteiger partial charge in [-0.05, 0) is 26.3 Å². The quantitative estimate of drug-likeness (QED) is 0.796. The Balaban J connectivity index is 1.89. The van der Waals surface area contributed by atoms with Crippen LogP contribution in [0, 0.1) is 0 Å². The Morgan fingerprint density at radius 2 is 2.40 bits per heavy atom. The summed E-state index contributed by atoms with van der Waals surface area (Å²) in [6.45, 7) is 0.977. The molecule has 84 valence electrons. The van der Waals surface area contributed by atoms with Crippen molar-refractivity contribution in [1.29, 1.82) is 0 Å². The number of rotatable bonds is 3. The Morgan fingerprint density at radius 1 is 1.60 bits per heavy atom. The summed E-state index contributed by atoms with van der Waals surface area (Å²) < 4.78 is 1.85. The zero-order chi connectivity index (χ0) is 10.8. The minimum absolute atomic E-state index is 0.409. The largest absolute Gasteiger partial charge is 0.328 e. The van der Waals surface area contributed by atoms with Crippen LogP contribution in [-0.2, 0) is 13.6 Å². The third-order valence-electron chi connectivity index (χ3n) is 3.26. The summed E-state index contributed by atoms with van der Waals surface area (Å²) in [6.07, 6.45) is 7.55. The molecule has 0 amide bonds. The Hall–Kier alpha value is -0.870. The molecule has 2 rings (SSSR count). The molecule has 4 nitrogen and oxygen atoms in total. The van der Waals surface area contributed by atoms with Crippen molar-refractivity contribution in [2.75, 3.05) is 7.05 Å². The van der Waals surface area contributed by atoms with Gasteiger partial charge in [0.15, 0.2) is 0 Å². The van der Waals surface area contributed by atoms with Crippen LogP contribution >= 0.6 is 0 Å². The number of nitrogens with two attached hydrogens (primary N) is 1. The van der Waals surface area contributed by atoms with E-state index in [9.17, 15) is 0 Å². The highest BCUT2D eigenvalue weighted by molar-refractivity contribution is 5.03. The average molecular weight is 208 g/mol. The summed E-state index contributed by atoms with van der Waals surface area (Å²) in [5.74, 6) is 0. The van der Waals surface area contributed by atoms with Gasteiger partial charge in [-0.2, -0.15) is 5.10 Å². The molecule has 0 radical (unpaired) electrons. The maximum Gasteiger partial charge on any atom is 0.0534 e. The van der Waals surface area contributed by atoms with Crippen LogP contribution in [0.4, 0.5) is 0 Å². The van der Waals surface area contributed by atoms with Crippen LogP contribution in [0.3, 0.4) is 0 Å². The zero-order valence-electron chi connectivity index (χ0n) is 9.56. The molecule has 1 heterocycles. The first kappa shape index (κ1) is 10.6. The Labute approximate surface area is 91.1 Å². The van der Waals surface area contributed by atoms with E-state index in [1.54, 1.807) is 0 Å². The lowest BCUT2D eigenvalue weighted by Crippen LogP contribution is -2.30. The first-order valence-electron chi connectivity index (χ1n) is 5.58. The molecule has 2 N–H and O–H groups in total. The zero-order valence-corrected chi connectivity index (χ0v) is 9.56. The van der Waals surface area contributed by atoms with E-state index < -0.39 is 0 Å². The van der Waals surface area contributed by atoms with Crippen LogP contribution in [0.1, 0.15) is 24.8 Å². The van der Waals surface area contributed by atoms with Crippen molar-refractivity contribution in [2.45, 2.75) is 37.9 Å². The molecular formula is C11H20N4. The van der Waals surface area contributed by atoms with Gasteiger partial charge < -0.3 is 5.73 Å². The molecule has 2 atom stereocenters. The van der Waals surface area contributed by atoms with Gasteiger partial charge in [-0.3, -0.25) is 9.58 Å². The molecular weight excluding hydrogens is 188 g/mol. The monoisotopic (exact) mass is 208 g/mol. The Morgan fingerprint density at radius 3 is 2.93 bits per heavy atom. The van der Waals surface area contributed by atoms with Gasteiger partial charge in [0.25, 0.3) is 0 Å². The molecule has 2 unspecified atom stereocenters. The second-order valence-electron chi connectivity index (χ2n) is 4.66. The molecule has 1 saturated carbocycles. The third kappa shape index (κ3) is 2.58. The lowest BCUT2D eigenvalue weighted by Gasteiger charge is -2.23. The fourth-order valence-corrected chi connectivity index (χ4v) is 2.36. The van der Waals surface area contributed by atoms with Gasteiger partial charge in [0.05, 0.1) is 6.20 Å². The standard InChI is InChI=1S/C11H20N4/c1-14(11-4-3-10(12)5-11)7-9-6-13-15(2)8-9/h6,8,10-11H,3-5,7,12H2,1-2H3. The van der Waals surface area contributed by atoms with E-state index in [0.717, 1.165) is 13.0 Å². The predicted octanol–water partition coefficient (Wildman–Crippen LogP) is 0.732. The van der Waals surface area contributed by atoms with E-state index in [-0.39, 0.29) is 0 Å². The smallest absolute Gasteiger partial charge is 0.0534 e. The lowest BCUT2D eigenvalue weighted by atomic mass is 10.2. The van der Waals surface area contributed by atoms with Crippen LogP contribution in [0.25, 0.3) is 0 Å². The van der Waals surface area contributed by atoms with Gasteiger partial charge in [0.1, 0.15) is 0 Å². The van der Waals surface area contributed by atoms with Crippen molar-refractivity contribution in [3.63, 3.8) is 0 Å². The van der Waals surface area contributed by atoms with Crippen molar-refractivity contribution in [1.82, 2.24) is 14.7 Å². The first-order chi connectivity index (χ1) is 7.15. The number of hydrogen-bond acceptors (Lipinski definition) is 3. The van der Waals surface area contributed by atoms with Gasteiger partial charge in [0.2, 0.25) is 0 Å². The molecule has 1 aliphatic rings. The fraction of sp³-hybridized carbons (Fsp3) is 0.727. The molecule has 1 aliphatic carbocycles. The third-order valence-corrected chi connectivity index (χ3v) is 3.26. The highest BCUT2D eigenvalue weighted by Gasteiger charge is 2.24. The van der Waals surface area contributed by atoms with Crippen molar-refractivity contribution >= 4 is 0 Å². The minimum atomic E-state index is 0.409. The summed E-state index contributed by atoms with van der Waals surface area (Å²) in [4.78, 5) is 2.39. The molecule has 1 fully saturated rings. The van der Waals surface area contributed by atoms with E-state index in [0.29, 0.717) is 12.1 Å². The van der Waals surface area contributed by atoms with E-state index in [1.165, 1.54) is 18.4 Å². The van der Waals surface area contributed by atoms with Crippen molar-refractivity contribution in [3.05, 3.63) is 18.0 Å². The second-order valence-corrected chi connectivity index (χ2v) is 4.66. The number of aryl methyl sites for hydroxylation is 1. The van der Waals surface area contributed by atoms with Gasteiger partial charge in [-0.25, -0.2) is 0 Å². The first-order valence-corrected chi connectivity index (χ1v) is 5.58. The molecule has 0 aliphatic heterocycles. The van der Waals surface area contributed by atoms with Gasteiger partial charge in [-0.1, -0.05) is 0 Å². The highest BCUT2D eigenvalue weighted by Crippen LogP contribution is 2.22. The molecule has 15 heavy (non-hydrogen) atoms. The summed E-state index contributed by atoms with van der Waals surface area (Å²) in [6, 6.07) is 1.06. The number of hydrogen-bond donors (Lipinski definition) is 1. The minimum Gasteiger partial charge on any atom is -0.328 e. The topological polar surface area (TPSA) is 47.1 Å². The van der Waals surface area contributed by atoms with Gasteiger partial charge >= 0.3 is 0 Å². The Bertz CT molecular complexity index is 320. The maximum absolute atomic E-state index is 5.92. The molecule has 0 bridgehead atoms. The van der Waals surface area contributed by atoms with Crippen molar-refractivity contribution in [3.8, 4) is 0 Å². The van der Waals surface area contributed by atoms with Crippen LogP contribution < -0.4 is 5.73 Å². The summed E-state index contributed by atoms with van der Waals surface area (Å²) >= 11 is 0. The molecule has 4 heteroatoms. The average Bonchev–Trinajstić information content (AvgIpc) is 2.75. The number of nitrogens with zero attached hydrogens (tertiary/aromatic N) is 3. The molecule has 1 aromatic heterocycles. The highest BCUT2D eigenvalue weighted by atomic mass is 15.2. The second kappa shape index (κ2) is 4.33. The van der Waals surface area contributed by atoms with Crippen LogP contribution in [-0.4, -0.2) is 33.8 Å². The van der Waals surface area contributed by atoms with E-state index in [1.807, 2.05) is 17.9 Å². The lowest BCUT2D eigenvalue weighted by molar-refractivity contribution is 0.235. The van der Waals surface area contributed by atoms with Gasteiger partial charge in [0, 0.05) is 37.4 Å². The summed E-state index contributed by atoms with van der Waals surface area (Å²) in [7, 11) is 4.13. The summed E-state index contributed by atoms with van der Waals surface area (Å²) in [5.41, 5.74) is 7.20. The van der Waals surface area contributed by atoms with E-state index in [2.05, 4.69) is 23.2 Å². The van der Waals surface area contributed by atoms with Crippen LogP contribution in [0.15, 0.2) is 12.4 Å². The maximum atomic E-state index is 5.92. The van der Waals surface area contributed by atoms with Crippen molar-refractivity contribution < 1.29 is 0 Å². The van der Waals surface area contributed by atoms with Crippen LogP contribution in [0.2, 0.25) is 0 Å². The van der Waals surface area contributed by atoms with E-state index in [4.69, 9.17) is 5.73 Å².